The maximum absolute atomic E-state index is 11.2. The van der Waals surface area contributed by atoms with Gasteiger partial charge in [0.1, 0.15) is 5.75 Å². The molecule has 0 saturated heterocycles. The van der Waals surface area contributed by atoms with Crippen LogP contribution in [0.25, 0.3) is 0 Å². The van der Waals surface area contributed by atoms with Gasteiger partial charge in [0.25, 0.3) is 0 Å². The Morgan fingerprint density at radius 1 is 1.15 bits per heavy atom. The molecular formula is C23H30ClNO2. The lowest BCUT2D eigenvalue weighted by atomic mass is 9.72. The monoisotopic (exact) mass is 387 g/mol. The maximum Gasteiger partial charge on any atom is 0.119 e. The second-order valence-electron chi connectivity index (χ2n) is 8.05. The van der Waals surface area contributed by atoms with E-state index >= 15 is 0 Å². The summed E-state index contributed by atoms with van der Waals surface area (Å²) in [6.45, 7) is 0. The molecule has 0 aromatic heterocycles. The van der Waals surface area contributed by atoms with Gasteiger partial charge in [-0.2, -0.15) is 0 Å². The second kappa shape index (κ2) is 8.64. The fourth-order valence-corrected chi connectivity index (χ4v) is 4.61. The summed E-state index contributed by atoms with van der Waals surface area (Å²) >= 11 is 6.06. The number of aliphatic hydroxyl groups is 1. The Labute approximate surface area is 167 Å². The lowest BCUT2D eigenvalue weighted by Gasteiger charge is -2.41. The Bertz CT molecular complexity index is 736. The van der Waals surface area contributed by atoms with E-state index in [1.807, 2.05) is 30.3 Å². The first-order valence-electron chi connectivity index (χ1n) is 9.67. The van der Waals surface area contributed by atoms with E-state index in [-0.39, 0.29) is 0 Å². The van der Waals surface area contributed by atoms with E-state index in [2.05, 4.69) is 37.2 Å². The van der Waals surface area contributed by atoms with Gasteiger partial charge in [-0.3, -0.25) is 0 Å². The summed E-state index contributed by atoms with van der Waals surface area (Å²) in [4.78, 5) is 2.29. The molecule has 0 bridgehead atoms. The molecule has 1 unspecified atom stereocenters. The zero-order valence-corrected chi connectivity index (χ0v) is 17.2. The number of hydrogen-bond donors (Lipinski definition) is 1. The van der Waals surface area contributed by atoms with Gasteiger partial charge < -0.3 is 14.7 Å². The smallest absolute Gasteiger partial charge is 0.119 e. The molecule has 1 aliphatic rings. The summed E-state index contributed by atoms with van der Waals surface area (Å²) in [6.07, 6.45) is 4.38. The summed E-state index contributed by atoms with van der Waals surface area (Å²) in [5, 5.41) is 11.9. The molecule has 4 heteroatoms. The highest BCUT2D eigenvalue weighted by Crippen LogP contribution is 2.42. The number of methoxy groups -OCH3 is 1. The summed E-state index contributed by atoms with van der Waals surface area (Å²) < 4.78 is 5.31. The predicted molar refractivity (Wildman–Crippen MR) is 111 cm³/mol. The molecule has 27 heavy (non-hydrogen) atoms. The molecule has 0 amide bonds. The number of ether oxygens (including phenoxy) is 1. The van der Waals surface area contributed by atoms with Gasteiger partial charge in [0.05, 0.1) is 12.7 Å². The molecule has 2 aromatic rings. The highest BCUT2D eigenvalue weighted by molar-refractivity contribution is 6.30. The fourth-order valence-electron chi connectivity index (χ4n) is 4.48. The van der Waals surface area contributed by atoms with Gasteiger partial charge in [-0.25, -0.2) is 0 Å². The van der Waals surface area contributed by atoms with Gasteiger partial charge in [-0.15, -0.1) is 0 Å². The van der Waals surface area contributed by atoms with Gasteiger partial charge in [-0.05, 0) is 81.1 Å². The minimum Gasteiger partial charge on any atom is -0.497 e. The van der Waals surface area contributed by atoms with Crippen LogP contribution in [0.15, 0.2) is 48.5 Å². The van der Waals surface area contributed by atoms with Crippen LogP contribution >= 0.6 is 11.6 Å². The van der Waals surface area contributed by atoms with E-state index in [9.17, 15) is 5.11 Å². The van der Waals surface area contributed by atoms with Crippen molar-refractivity contribution in [1.82, 2.24) is 4.90 Å². The minimum atomic E-state index is -0.625. The van der Waals surface area contributed by atoms with Crippen LogP contribution in [0.5, 0.6) is 5.75 Å². The summed E-state index contributed by atoms with van der Waals surface area (Å²) in [5.41, 5.74) is 1.81. The molecule has 146 valence electrons. The molecule has 0 spiro atoms. The van der Waals surface area contributed by atoms with Crippen LogP contribution in [0.3, 0.4) is 0 Å². The normalized spacial score (nSPS) is 24.0. The Morgan fingerprint density at radius 2 is 1.81 bits per heavy atom. The van der Waals surface area contributed by atoms with Crippen LogP contribution in [-0.4, -0.2) is 36.8 Å². The lowest BCUT2D eigenvalue weighted by Crippen LogP contribution is -2.39. The van der Waals surface area contributed by atoms with Crippen molar-refractivity contribution in [2.45, 2.75) is 43.7 Å². The Hall–Kier alpha value is -1.55. The molecule has 1 fully saturated rings. The summed E-state index contributed by atoms with van der Waals surface area (Å²) in [5.74, 6) is 1.38. The van der Waals surface area contributed by atoms with E-state index in [0.29, 0.717) is 18.4 Å². The van der Waals surface area contributed by atoms with Crippen LogP contribution in [0.2, 0.25) is 5.02 Å². The van der Waals surface area contributed by atoms with Crippen molar-refractivity contribution in [3.05, 3.63) is 64.7 Å². The number of hydrogen-bond acceptors (Lipinski definition) is 3. The lowest BCUT2D eigenvalue weighted by molar-refractivity contribution is -0.0202. The van der Waals surface area contributed by atoms with Gasteiger partial charge >= 0.3 is 0 Å². The molecule has 0 aliphatic heterocycles. The third kappa shape index (κ3) is 5.04. The average Bonchev–Trinajstić information content (AvgIpc) is 2.65. The quantitative estimate of drug-likeness (QED) is 0.747. The highest BCUT2D eigenvalue weighted by Gasteiger charge is 2.37. The Kier molecular flexibility index (Phi) is 6.46. The largest absolute Gasteiger partial charge is 0.497 e. The molecule has 3 nitrogen and oxygen atoms in total. The predicted octanol–water partition coefficient (Wildman–Crippen LogP) is 5.12. The molecule has 1 atom stereocenters. The molecule has 0 radical (unpaired) electrons. The summed E-state index contributed by atoms with van der Waals surface area (Å²) in [6, 6.07) is 16.6. The maximum atomic E-state index is 11.2. The standard InChI is InChI=1S/C23H30ClNO2/c1-25(2)22(18-7-9-20(24)10-8-18)19-11-13-23(26,14-12-19)16-17-5-4-6-21(15-17)27-3/h4-10,15,19,22,26H,11-14,16H2,1-3H3. The molecule has 1 saturated carbocycles. The van der Waals surface area contributed by atoms with Gasteiger partial charge in [0.15, 0.2) is 0 Å². The van der Waals surface area contributed by atoms with Gasteiger partial charge in [0.2, 0.25) is 0 Å². The Morgan fingerprint density at radius 3 is 2.41 bits per heavy atom. The second-order valence-corrected chi connectivity index (χ2v) is 8.49. The highest BCUT2D eigenvalue weighted by atomic mass is 35.5. The van der Waals surface area contributed by atoms with E-state index in [1.54, 1.807) is 7.11 Å². The van der Waals surface area contributed by atoms with Crippen molar-refractivity contribution in [1.29, 1.82) is 0 Å². The van der Waals surface area contributed by atoms with Crippen LogP contribution in [-0.2, 0) is 6.42 Å². The SMILES string of the molecule is COc1cccc(CC2(O)CCC(C(c3ccc(Cl)cc3)N(C)C)CC2)c1. The van der Waals surface area contributed by atoms with Gasteiger partial charge in [-0.1, -0.05) is 35.9 Å². The summed E-state index contributed by atoms with van der Waals surface area (Å²) in [7, 11) is 5.95. The third-order valence-corrected chi connectivity index (χ3v) is 6.09. The topological polar surface area (TPSA) is 32.7 Å². The number of rotatable bonds is 6. The first-order valence-corrected chi connectivity index (χ1v) is 10.1. The molecule has 0 heterocycles. The Balaban J connectivity index is 1.67. The van der Waals surface area contributed by atoms with E-state index < -0.39 is 5.60 Å². The first-order chi connectivity index (χ1) is 12.9. The van der Waals surface area contributed by atoms with Crippen LogP contribution in [0.4, 0.5) is 0 Å². The number of nitrogens with zero attached hydrogens (tertiary/aromatic N) is 1. The van der Waals surface area contributed by atoms with Crippen LogP contribution in [0, 0.1) is 5.92 Å². The fraction of sp³-hybridized carbons (Fsp3) is 0.478. The van der Waals surface area contributed by atoms with E-state index in [1.165, 1.54) is 5.56 Å². The molecule has 1 aliphatic carbocycles. The van der Waals surface area contributed by atoms with E-state index in [0.717, 1.165) is 42.0 Å². The molecular weight excluding hydrogens is 358 g/mol. The number of halogens is 1. The molecule has 1 N–H and O–H groups in total. The molecule has 2 aromatic carbocycles. The van der Waals surface area contributed by atoms with E-state index in [4.69, 9.17) is 16.3 Å². The van der Waals surface area contributed by atoms with Crippen LogP contribution < -0.4 is 4.74 Å². The van der Waals surface area contributed by atoms with Crippen molar-refractivity contribution < 1.29 is 9.84 Å². The third-order valence-electron chi connectivity index (χ3n) is 5.84. The van der Waals surface area contributed by atoms with Crippen molar-refractivity contribution in [3.8, 4) is 5.75 Å². The van der Waals surface area contributed by atoms with Crippen LogP contribution in [0.1, 0.15) is 42.9 Å². The number of benzene rings is 2. The van der Waals surface area contributed by atoms with Crippen molar-refractivity contribution in [2.75, 3.05) is 21.2 Å². The zero-order chi connectivity index (χ0) is 19.4. The molecule has 3 rings (SSSR count). The van der Waals surface area contributed by atoms with Crippen molar-refractivity contribution in [3.63, 3.8) is 0 Å². The average molecular weight is 388 g/mol. The first kappa shape index (κ1) is 20.2. The zero-order valence-electron chi connectivity index (χ0n) is 16.5. The van der Waals surface area contributed by atoms with Crippen molar-refractivity contribution in [2.24, 2.45) is 5.92 Å². The van der Waals surface area contributed by atoms with Crippen molar-refractivity contribution >= 4 is 11.6 Å². The minimum absolute atomic E-state index is 0.351. The van der Waals surface area contributed by atoms with Gasteiger partial charge in [0, 0.05) is 17.5 Å².